The zero-order valence-corrected chi connectivity index (χ0v) is 10.1. The van der Waals surface area contributed by atoms with E-state index >= 15 is 0 Å². The third-order valence-corrected chi connectivity index (χ3v) is 2.80. The second kappa shape index (κ2) is 4.52. The van der Waals surface area contributed by atoms with Crippen LogP contribution in [-0.2, 0) is 0 Å². The lowest BCUT2D eigenvalue weighted by molar-refractivity contribution is 0.859. The molecule has 0 amide bonds. The molecule has 0 aliphatic rings. The normalized spacial score (nSPS) is 10.7. The second-order valence-electron chi connectivity index (χ2n) is 4.50. The van der Waals surface area contributed by atoms with Crippen molar-refractivity contribution in [3.63, 3.8) is 0 Å². The zero-order chi connectivity index (χ0) is 11.5. The summed E-state index contributed by atoms with van der Waals surface area (Å²) in [6.07, 6.45) is 1.97. The van der Waals surface area contributed by atoms with Crippen molar-refractivity contribution in [3.8, 4) is 11.3 Å². The van der Waals surface area contributed by atoms with Crippen molar-refractivity contribution in [2.45, 2.75) is 19.8 Å². The highest BCUT2D eigenvalue weighted by atomic mass is 14.7. The monoisotopic (exact) mass is 209 g/mol. The molecule has 0 saturated heterocycles. The van der Waals surface area contributed by atoms with Gasteiger partial charge in [0.25, 0.3) is 0 Å². The molecule has 0 spiro atoms. The van der Waals surface area contributed by atoms with Crippen LogP contribution in [0.2, 0.25) is 0 Å². The molecule has 0 fully saturated rings. The third-order valence-electron chi connectivity index (χ3n) is 2.80. The van der Waals surface area contributed by atoms with Crippen LogP contribution >= 0.6 is 0 Å². The van der Waals surface area contributed by atoms with Crippen molar-refractivity contribution in [2.24, 2.45) is 0 Å². The van der Waals surface area contributed by atoms with Crippen LogP contribution in [0.5, 0.6) is 0 Å². The summed E-state index contributed by atoms with van der Waals surface area (Å²) in [5.74, 6) is 0.541. The summed E-state index contributed by atoms with van der Waals surface area (Å²) in [4.78, 5) is 4.50. The topological polar surface area (TPSA) is 12.9 Å². The standard InChI is InChI=1S/C14H16BN/c1-10(2)12-5-8-14(16-9-12)11-3-6-13(15)7-4-11/h3-10H,15H2,1-2H3. The van der Waals surface area contributed by atoms with E-state index in [9.17, 15) is 0 Å². The van der Waals surface area contributed by atoms with Crippen molar-refractivity contribution in [1.29, 1.82) is 0 Å². The Hall–Kier alpha value is -1.57. The number of pyridine rings is 1. The molecule has 0 atom stereocenters. The summed E-state index contributed by atoms with van der Waals surface area (Å²) >= 11 is 0. The fourth-order valence-corrected chi connectivity index (χ4v) is 1.64. The van der Waals surface area contributed by atoms with Gasteiger partial charge in [0.2, 0.25) is 0 Å². The first kappa shape index (κ1) is 10.9. The number of rotatable bonds is 2. The van der Waals surface area contributed by atoms with Crippen LogP contribution in [0.25, 0.3) is 11.3 Å². The van der Waals surface area contributed by atoms with Crippen molar-refractivity contribution in [2.75, 3.05) is 0 Å². The van der Waals surface area contributed by atoms with Crippen LogP contribution in [0.1, 0.15) is 25.3 Å². The number of nitrogens with zero attached hydrogens (tertiary/aromatic N) is 1. The summed E-state index contributed by atoms with van der Waals surface area (Å²) in [7, 11) is 2.10. The Morgan fingerprint density at radius 2 is 1.69 bits per heavy atom. The van der Waals surface area contributed by atoms with Gasteiger partial charge in [0.15, 0.2) is 0 Å². The van der Waals surface area contributed by atoms with E-state index in [1.165, 1.54) is 16.6 Å². The predicted molar refractivity (Wildman–Crippen MR) is 71.9 cm³/mol. The van der Waals surface area contributed by atoms with Gasteiger partial charge in [-0.25, -0.2) is 0 Å². The Morgan fingerprint density at radius 3 is 2.19 bits per heavy atom. The van der Waals surface area contributed by atoms with Crippen LogP contribution in [0.15, 0.2) is 42.6 Å². The maximum atomic E-state index is 4.50. The van der Waals surface area contributed by atoms with Gasteiger partial charge in [-0.2, -0.15) is 0 Å². The number of hydrogen-bond acceptors (Lipinski definition) is 1. The van der Waals surface area contributed by atoms with E-state index in [0.717, 1.165) is 5.69 Å². The second-order valence-corrected chi connectivity index (χ2v) is 4.50. The van der Waals surface area contributed by atoms with Gasteiger partial charge in [-0.05, 0) is 17.5 Å². The van der Waals surface area contributed by atoms with E-state index < -0.39 is 0 Å². The number of hydrogen-bond donors (Lipinski definition) is 0. The van der Waals surface area contributed by atoms with E-state index in [-0.39, 0.29) is 0 Å². The summed E-state index contributed by atoms with van der Waals surface area (Å²) in [6.45, 7) is 4.37. The van der Waals surface area contributed by atoms with Gasteiger partial charge in [-0.1, -0.05) is 49.6 Å². The molecule has 2 rings (SSSR count). The summed E-state index contributed by atoms with van der Waals surface area (Å²) in [6, 6.07) is 12.7. The van der Waals surface area contributed by atoms with Gasteiger partial charge in [-0.3, -0.25) is 4.98 Å². The van der Waals surface area contributed by atoms with Crippen molar-refractivity contribution in [1.82, 2.24) is 4.98 Å². The highest BCUT2D eigenvalue weighted by molar-refractivity contribution is 6.32. The summed E-state index contributed by atoms with van der Waals surface area (Å²) in [5, 5.41) is 0. The maximum Gasteiger partial charge on any atom is 0.139 e. The molecule has 1 aromatic carbocycles. The van der Waals surface area contributed by atoms with Crippen LogP contribution in [0.4, 0.5) is 0 Å². The number of benzene rings is 1. The molecule has 0 N–H and O–H groups in total. The fraction of sp³-hybridized carbons (Fsp3) is 0.214. The Labute approximate surface area is 98.0 Å². The Balaban J connectivity index is 2.31. The first-order chi connectivity index (χ1) is 7.66. The quantitative estimate of drug-likeness (QED) is 0.690. The predicted octanol–water partition coefficient (Wildman–Crippen LogP) is 2.13. The maximum absolute atomic E-state index is 4.50. The van der Waals surface area contributed by atoms with Crippen LogP contribution < -0.4 is 5.46 Å². The molecule has 80 valence electrons. The molecule has 1 aromatic heterocycles. The van der Waals surface area contributed by atoms with Crippen LogP contribution in [0.3, 0.4) is 0 Å². The Morgan fingerprint density at radius 1 is 1.00 bits per heavy atom. The van der Waals surface area contributed by atoms with E-state index in [4.69, 9.17) is 0 Å². The minimum Gasteiger partial charge on any atom is -0.256 e. The summed E-state index contributed by atoms with van der Waals surface area (Å²) in [5.41, 5.74) is 4.80. The van der Waals surface area contributed by atoms with Gasteiger partial charge in [0.05, 0.1) is 5.69 Å². The van der Waals surface area contributed by atoms with E-state index in [1.807, 2.05) is 6.20 Å². The third kappa shape index (κ3) is 2.33. The van der Waals surface area contributed by atoms with Gasteiger partial charge in [-0.15, -0.1) is 0 Å². The molecule has 0 aliphatic heterocycles. The molecule has 0 aliphatic carbocycles. The molecule has 0 unspecified atom stereocenters. The molecule has 1 heterocycles. The summed E-state index contributed by atoms with van der Waals surface area (Å²) < 4.78 is 0. The van der Waals surface area contributed by atoms with Crippen LogP contribution in [-0.4, -0.2) is 12.8 Å². The van der Waals surface area contributed by atoms with E-state index in [0.29, 0.717) is 5.92 Å². The molecular weight excluding hydrogens is 193 g/mol. The van der Waals surface area contributed by atoms with Gasteiger partial charge in [0.1, 0.15) is 7.85 Å². The van der Waals surface area contributed by atoms with Crippen LogP contribution in [0, 0.1) is 0 Å². The van der Waals surface area contributed by atoms with E-state index in [2.05, 4.69) is 63.1 Å². The fourth-order valence-electron chi connectivity index (χ4n) is 1.64. The average molecular weight is 209 g/mol. The molecule has 0 saturated carbocycles. The van der Waals surface area contributed by atoms with Gasteiger partial charge >= 0.3 is 0 Å². The molecule has 0 radical (unpaired) electrons. The lowest BCUT2D eigenvalue weighted by Gasteiger charge is -2.06. The van der Waals surface area contributed by atoms with E-state index in [1.54, 1.807) is 0 Å². The van der Waals surface area contributed by atoms with Crippen molar-refractivity contribution < 1.29 is 0 Å². The molecule has 1 nitrogen and oxygen atoms in total. The average Bonchev–Trinajstić information content (AvgIpc) is 2.30. The van der Waals surface area contributed by atoms with Gasteiger partial charge in [0, 0.05) is 11.8 Å². The minimum atomic E-state index is 0.541. The van der Waals surface area contributed by atoms with Gasteiger partial charge < -0.3 is 0 Å². The molecular formula is C14H16BN. The molecule has 16 heavy (non-hydrogen) atoms. The Kier molecular flexibility index (Phi) is 3.09. The first-order valence-corrected chi connectivity index (χ1v) is 5.70. The zero-order valence-electron chi connectivity index (χ0n) is 10.1. The smallest absolute Gasteiger partial charge is 0.139 e. The molecule has 2 aromatic rings. The molecule has 0 bridgehead atoms. The lowest BCUT2D eigenvalue weighted by atomic mass is 9.94. The highest BCUT2D eigenvalue weighted by Crippen LogP contribution is 2.18. The van der Waals surface area contributed by atoms with Crippen molar-refractivity contribution >= 4 is 13.3 Å². The highest BCUT2D eigenvalue weighted by Gasteiger charge is 2.01. The Bertz CT molecular complexity index is 457. The SMILES string of the molecule is Bc1ccc(-c2ccc(C(C)C)cn2)cc1. The lowest BCUT2D eigenvalue weighted by Crippen LogP contribution is -1.99. The molecule has 2 heteroatoms. The largest absolute Gasteiger partial charge is 0.256 e. The van der Waals surface area contributed by atoms with Crippen molar-refractivity contribution in [3.05, 3.63) is 48.2 Å². The minimum absolute atomic E-state index is 0.541. The first-order valence-electron chi connectivity index (χ1n) is 5.70. The number of aromatic nitrogens is 1.